The number of aryl methyl sites for hydroxylation is 1. The first-order valence-electron chi connectivity index (χ1n) is 9.50. The minimum Gasteiger partial charge on any atom is -0.390 e. The zero-order chi connectivity index (χ0) is 18.7. The maximum absolute atomic E-state index is 14.6. The van der Waals surface area contributed by atoms with Gasteiger partial charge in [0.05, 0.1) is 6.61 Å². The summed E-state index contributed by atoms with van der Waals surface area (Å²) in [6, 6.07) is 4.25. The van der Waals surface area contributed by atoms with Crippen LogP contribution in [-0.4, -0.2) is 61.4 Å². The first kappa shape index (κ1) is 16.9. The van der Waals surface area contributed by atoms with Gasteiger partial charge in [-0.15, -0.1) is 0 Å². The van der Waals surface area contributed by atoms with E-state index in [0.29, 0.717) is 29.9 Å². The summed E-state index contributed by atoms with van der Waals surface area (Å²) in [6.07, 6.45) is 4.75. The van der Waals surface area contributed by atoms with Gasteiger partial charge in [0.25, 0.3) is 0 Å². The highest BCUT2D eigenvalue weighted by molar-refractivity contribution is 5.55. The number of piperidine rings is 2. The second kappa shape index (κ2) is 6.13. The van der Waals surface area contributed by atoms with Crippen molar-refractivity contribution in [3.05, 3.63) is 23.3 Å². The summed E-state index contributed by atoms with van der Waals surface area (Å²) in [4.78, 5) is 13.4. The van der Waals surface area contributed by atoms with Crippen LogP contribution < -0.4 is 10.2 Å². The third kappa shape index (κ3) is 2.68. The first-order chi connectivity index (χ1) is 13.0. The number of nitrogens with one attached hydrogen (secondary N) is 2. The van der Waals surface area contributed by atoms with E-state index in [1.165, 1.54) is 12.8 Å². The van der Waals surface area contributed by atoms with Crippen molar-refractivity contribution in [1.29, 1.82) is 0 Å². The van der Waals surface area contributed by atoms with E-state index < -0.39 is 12.4 Å². The quantitative estimate of drug-likeness (QED) is 0.734. The van der Waals surface area contributed by atoms with E-state index in [-0.39, 0.29) is 11.5 Å². The van der Waals surface area contributed by atoms with Gasteiger partial charge < -0.3 is 15.3 Å². The van der Waals surface area contributed by atoms with Crippen LogP contribution in [0.25, 0.3) is 0 Å². The van der Waals surface area contributed by atoms with Gasteiger partial charge in [-0.2, -0.15) is 10.1 Å². The Morgan fingerprint density at radius 2 is 1.96 bits per heavy atom. The molecule has 27 heavy (non-hydrogen) atoms. The number of halogens is 1. The number of aromatic nitrogens is 4. The Bertz CT molecular complexity index is 855. The fourth-order valence-corrected chi connectivity index (χ4v) is 4.90. The average molecular weight is 373 g/mol. The lowest BCUT2D eigenvalue weighted by Crippen LogP contribution is -2.74. The number of H-pyrrole nitrogens is 1. The van der Waals surface area contributed by atoms with Gasteiger partial charge in [0.1, 0.15) is 5.69 Å². The van der Waals surface area contributed by atoms with E-state index in [2.05, 4.69) is 30.4 Å². The normalized spacial score (nSPS) is 28.9. The molecule has 5 rings (SSSR count). The Hall–Kier alpha value is -2.26. The van der Waals surface area contributed by atoms with Crippen LogP contribution in [0.5, 0.6) is 0 Å². The van der Waals surface area contributed by atoms with Crippen molar-refractivity contribution in [3.63, 3.8) is 0 Å². The first-order valence-corrected chi connectivity index (χ1v) is 9.50. The molecule has 3 fully saturated rings. The fourth-order valence-electron chi connectivity index (χ4n) is 4.90. The maximum Gasteiger partial charge on any atom is 0.227 e. The molecule has 0 amide bonds. The molecule has 0 aliphatic carbocycles. The van der Waals surface area contributed by atoms with Crippen LogP contribution in [-0.2, 0) is 6.61 Å². The molecule has 2 aromatic heterocycles. The molecule has 0 radical (unpaired) electrons. The van der Waals surface area contributed by atoms with E-state index in [9.17, 15) is 9.50 Å². The molecule has 9 heteroatoms. The van der Waals surface area contributed by atoms with Crippen molar-refractivity contribution in [2.45, 2.75) is 63.4 Å². The summed E-state index contributed by atoms with van der Waals surface area (Å²) in [5.74, 6) is 0.299. The number of aromatic amines is 1. The van der Waals surface area contributed by atoms with E-state index in [0.717, 1.165) is 24.6 Å². The predicted octanol–water partition coefficient (Wildman–Crippen LogP) is 1.70. The largest absolute Gasteiger partial charge is 0.390 e. The SMILES string of the molecule is Cc1cc(Nc2nc(N(C)[C@@H]3C[C@H]4CC5C[C@@H](C3)N54)nc(CO)c2F)n[nH]1. The van der Waals surface area contributed by atoms with Gasteiger partial charge in [-0.1, -0.05) is 0 Å². The Labute approximate surface area is 156 Å². The molecule has 5 heterocycles. The fraction of sp³-hybridized carbons (Fsp3) is 0.611. The van der Waals surface area contributed by atoms with Gasteiger partial charge in [-0.05, 0) is 32.6 Å². The van der Waals surface area contributed by atoms with Crippen molar-refractivity contribution < 1.29 is 9.50 Å². The zero-order valence-corrected chi connectivity index (χ0v) is 15.5. The molecular weight excluding hydrogens is 349 g/mol. The van der Waals surface area contributed by atoms with E-state index in [4.69, 9.17) is 0 Å². The molecule has 0 aromatic carbocycles. The summed E-state index contributed by atoms with van der Waals surface area (Å²) in [6.45, 7) is 1.39. The number of rotatable bonds is 5. The van der Waals surface area contributed by atoms with Crippen LogP contribution in [0, 0.1) is 12.7 Å². The van der Waals surface area contributed by atoms with Gasteiger partial charge in [0.2, 0.25) is 5.95 Å². The number of aliphatic hydroxyl groups is 1. The van der Waals surface area contributed by atoms with E-state index in [1.54, 1.807) is 6.07 Å². The molecule has 8 nitrogen and oxygen atoms in total. The monoisotopic (exact) mass is 373 g/mol. The summed E-state index contributed by atoms with van der Waals surface area (Å²) < 4.78 is 14.6. The van der Waals surface area contributed by atoms with Crippen molar-refractivity contribution in [1.82, 2.24) is 25.1 Å². The highest BCUT2D eigenvalue weighted by Gasteiger charge is 2.55. The molecule has 1 unspecified atom stereocenters. The van der Waals surface area contributed by atoms with Crippen molar-refractivity contribution >= 4 is 17.6 Å². The Morgan fingerprint density at radius 1 is 1.26 bits per heavy atom. The average Bonchev–Trinajstić information content (AvgIpc) is 3.02. The highest BCUT2D eigenvalue weighted by atomic mass is 19.1. The maximum atomic E-state index is 14.6. The van der Waals surface area contributed by atoms with E-state index >= 15 is 0 Å². The minimum absolute atomic E-state index is 0.00797. The van der Waals surface area contributed by atoms with E-state index in [1.807, 2.05) is 18.9 Å². The number of anilines is 3. The third-order valence-corrected chi connectivity index (χ3v) is 6.31. The predicted molar refractivity (Wildman–Crippen MR) is 98.4 cm³/mol. The minimum atomic E-state index is -0.647. The number of aliphatic hydroxyl groups excluding tert-OH is 1. The zero-order valence-electron chi connectivity index (χ0n) is 15.5. The Kier molecular flexibility index (Phi) is 3.83. The lowest BCUT2D eigenvalue weighted by atomic mass is 9.68. The molecular formula is C18H24FN7O. The summed E-state index contributed by atoms with van der Waals surface area (Å²) in [5.41, 5.74) is 0.851. The summed E-state index contributed by atoms with van der Waals surface area (Å²) in [5, 5.41) is 19.3. The summed E-state index contributed by atoms with van der Waals surface area (Å²) in [7, 11) is 1.96. The van der Waals surface area contributed by atoms with Crippen LogP contribution in [0.15, 0.2) is 6.07 Å². The van der Waals surface area contributed by atoms with Gasteiger partial charge in [0, 0.05) is 43.0 Å². The molecule has 0 spiro atoms. The Morgan fingerprint density at radius 3 is 2.56 bits per heavy atom. The second-order valence-corrected chi connectivity index (χ2v) is 7.97. The highest BCUT2D eigenvalue weighted by Crippen LogP contribution is 2.49. The standard InChI is InChI=1S/C18H24FN7O/c1-9-3-15(24-23-9)21-17-16(19)14(8-27)20-18(22-17)25(2)10-4-11-6-13-7-12(5-10)26(11)13/h3,10-13,27H,4-8H2,1-2H3,(H2,20,21,22,23,24)/t10-,11+,12-,13?. The van der Waals surface area contributed by atoms with Crippen molar-refractivity contribution in [2.24, 2.45) is 0 Å². The molecule has 3 aliphatic rings. The molecule has 3 saturated heterocycles. The smallest absolute Gasteiger partial charge is 0.227 e. The molecule has 2 aromatic rings. The molecule has 3 aliphatic heterocycles. The molecule has 4 atom stereocenters. The van der Waals surface area contributed by atoms with Crippen LogP contribution in [0.3, 0.4) is 0 Å². The summed E-state index contributed by atoms with van der Waals surface area (Å²) >= 11 is 0. The topological polar surface area (TPSA) is 93.2 Å². The van der Waals surface area contributed by atoms with Gasteiger partial charge >= 0.3 is 0 Å². The molecule has 144 valence electrons. The number of nitrogens with zero attached hydrogens (tertiary/aromatic N) is 5. The molecule has 0 bridgehead atoms. The van der Waals surface area contributed by atoms with Crippen LogP contribution >= 0.6 is 0 Å². The Balaban J connectivity index is 1.41. The van der Waals surface area contributed by atoms with Gasteiger partial charge in [-0.25, -0.2) is 9.37 Å². The number of hydrogen-bond donors (Lipinski definition) is 3. The molecule has 0 saturated carbocycles. The number of hydrogen-bond acceptors (Lipinski definition) is 7. The van der Waals surface area contributed by atoms with Gasteiger partial charge in [-0.3, -0.25) is 10.00 Å². The van der Waals surface area contributed by atoms with Crippen LogP contribution in [0.4, 0.5) is 22.0 Å². The van der Waals surface area contributed by atoms with Crippen molar-refractivity contribution in [3.8, 4) is 0 Å². The second-order valence-electron chi connectivity index (χ2n) is 7.97. The molecule has 3 N–H and O–H groups in total. The third-order valence-electron chi connectivity index (χ3n) is 6.31. The van der Waals surface area contributed by atoms with Crippen LogP contribution in [0.2, 0.25) is 0 Å². The van der Waals surface area contributed by atoms with Gasteiger partial charge in [0.15, 0.2) is 17.5 Å². The lowest BCUT2D eigenvalue weighted by Gasteiger charge is -2.66. The van der Waals surface area contributed by atoms with Crippen molar-refractivity contribution in [2.75, 3.05) is 17.3 Å². The van der Waals surface area contributed by atoms with Crippen LogP contribution in [0.1, 0.15) is 37.1 Å². The lowest BCUT2D eigenvalue weighted by molar-refractivity contribution is -0.148.